The standard InChI is InChI=1S/C24H18FN3O3/c1-14(29)18-12-20(24(31)28-21-4-2-3-9-26-21)19-11-16(13-27-22(19)23(18)30)10-15-5-7-17(25)8-6-15/h2-9,11-13,30H,10H2,1H3,(H,26,28,31). The second kappa shape index (κ2) is 8.31. The van der Waals surface area contributed by atoms with E-state index >= 15 is 0 Å². The Morgan fingerprint density at radius 3 is 2.45 bits per heavy atom. The highest BCUT2D eigenvalue weighted by molar-refractivity contribution is 6.16. The molecule has 0 radical (unpaired) electrons. The molecule has 6 nitrogen and oxygen atoms in total. The number of nitrogens with one attached hydrogen (secondary N) is 1. The molecule has 4 aromatic rings. The molecule has 2 heterocycles. The van der Waals surface area contributed by atoms with Gasteiger partial charge in [-0.15, -0.1) is 0 Å². The van der Waals surface area contributed by atoms with Crippen LogP contribution in [-0.2, 0) is 6.42 Å². The van der Waals surface area contributed by atoms with E-state index in [1.54, 1.807) is 48.8 Å². The van der Waals surface area contributed by atoms with Crippen molar-refractivity contribution >= 4 is 28.4 Å². The van der Waals surface area contributed by atoms with Crippen LogP contribution in [0.15, 0.2) is 67.0 Å². The SMILES string of the molecule is CC(=O)c1cc(C(=O)Nc2ccccn2)c2cc(Cc3ccc(F)cc3)cnc2c1O. The predicted octanol–water partition coefficient (Wildman–Crippen LogP) is 4.52. The Morgan fingerprint density at radius 1 is 1.00 bits per heavy atom. The third kappa shape index (κ3) is 4.25. The van der Waals surface area contributed by atoms with E-state index in [-0.39, 0.29) is 34.0 Å². The number of ketones is 1. The van der Waals surface area contributed by atoms with Crippen LogP contribution in [-0.4, -0.2) is 26.8 Å². The summed E-state index contributed by atoms with van der Waals surface area (Å²) in [6, 6.07) is 14.3. The molecule has 154 valence electrons. The number of fused-ring (bicyclic) bond motifs is 1. The van der Waals surface area contributed by atoms with Gasteiger partial charge in [-0.25, -0.2) is 9.37 Å². The van der Waals surface area contributed by atoms with E-state index in [2.05, 4.69) is 15.3 Å². The lowest BCUT2D eigenvalue weighted by Crippen LogP contribution is -2.14. The van der Waals surface area contributed by atoms with Gasteiger partial charge in [0.25, 0.3) is 5.91 Å². The van der Waals surface area contributed by atoms with Crippen molar-refractivity contribution in [3.8, 4) is 5.75 Å². The average molecular weight is 415 g/mol. The lowest BCUT2D eigenvalue weighted by molar-refractivity contribution is 0.101. The number of anilines is 1. The van der Waals surface area contributed by atoms with Crippen LogP contribution in [0.1, 0.15) is 38.8 Å². The summed E-state index contributed by atoms with van der Waals surface area (Å²) in [5.74, 6) is -1.11. The molecule has 0 aliphatic heterocycles. The number of hydrogen-bond donors (Lipinski definition) is 2. The number of amides is 1. The van der Waals surface area contributed by atoms with Gasteiger partial charge in [0.05, 0.1) is 11.1 Å². The van der Waals surface area contributed by atoms with Crippen molar-refractivity contribution in [2.45, 2.75) is 13.3 Å². The minimum absolute atomic E-state index is 0.0115. The van der Waals surface area contributed by atoms with Gasteiger partial charge in [0.2, 0.25) is 0 Å². The Bertz CT molecular complexity index is 1290. The van der Waals surface area contributed by atoms with E-state index in [1.165, 1.54) is 25.1 Å². The number of rotatable bonds is 5. The van der Waals surface area contributed by atoms with Crippen molar-refractivity contribution in [3.63, 3.8) is 0 Å². The first-order valence-corrected chi connectivity index (χ1v) is 9.54. The minimum atomic E-state index is -0.480. The Kier molecular flexibility index (Phi) is 5.41. The molecule has 0 aliphatic rings. The first-order valence-electron chi connectivity index (χ1n) is 9.54. The smallest absolute Gasteiger partial charge is 0.257 e. The number of carbonyl (C=O) groups excluding carboxylic acids is 2. The number of Topliss-reactive ketones (excluding diaryl/α,β-unsaturated/α-hetero) is 1. The number of phenols is 1. The molecule has 4 rings (SSSR count). The molecule has 0 saturated carbocycles. The van der Waals surface area contributed by atoms with E-state index in [1.807, 2.05) is 0 Å². The first kappa shape index (κ1) is 20.2. The number of benzene rings is 2. The van der Waals surface area contributed by atoms with Crippen LogP contribution in [0.25, 0.3) is 10.9 Å². The van der Waals surface area contributed by atoms with Crippen LogP contribution in [0.5, 0.6) is 5.75 Å². The summed E-state index contributed by atoms with van der Waals surface area (Å²) < 4.78 is 13.2. The fourth-order valence-electron chi connectivity index (χ4n) is 3.33. The zero-order chi connectivity index (χ0) is 22.0. The van der Waals surface area contributed by atoms with Crippen LogP contribution < -0.4 is 5.32 Å². The van der Waals surface area contributed by atoms with Crippen molar-refractivity contribution in [3.05, 3.63) is 95.1 Å². The second-order valence-corrected chi connectivity index (χ2v) is 7.09. The lowest BCUT2D eigenvalue weighted by Gasteiger charge is -2.13. The number of nitrogens with zero attached hydrogens (tertiary/aromatic N) is 2. The molecule has 0 atom stereocenters. The van der Waals surface area contributed by atoms with Crippen LogP contribution in [0.4, 0.5) is 10.2 Å². The topological polar surface area (TPSA) is 92.2 Å². The number of aromatic hydroxyl groups is 1. The first-order chi connectivity index (χ1) is 14.9. The average Bonchev–Trinajstić information content (AvgIpc) is 2.76. The van der Waals surface area contributed by atoms with Gasteiger partial charge in [-0.1, -0.05) is 18.2 Å². The highest BCUT2D eigenvalue weighted by atomic mass is 19.1. The Morgan fingerprint density at radius 2 is 1.77 bits per heavy atom. The number of hydrogen-bond acceptors (Lipinski definition) is 5. The summed E-state index contributed by atoms with van der Waals surface area (Å²) in [6.45, 7) is 1.31. The van der Waals surface area contributed by atoms with Gasteiger partial charge in [0.1, 0.15) is 17.2 Å². The zero-order valence-corrected chi connectivity index (χ0v) is 16.6. The minimum Gasteiger partial charge on any atom is -0.505 e. The van der Waals surface area contributed by atoms with Gasteiger partial charge in [-0.3, -0.25) is 14.6 Å². The van der Waals surface area contributed by atoms with Crippen LogP contribution in [0, 0.1) is 5.82 Å². The highest BCUT2D eigenvalue weighted by Crippen LogP contribution is 2.32. The molecule has 0 aliphatic carbocycles. The third-order valence-corrected chi connectivity index (χ3v) is 4.85. The molecular formula is C24H18FN3O3. The number of aromatic nitrogens is 2. The Labute approximate surface area is 177 Å². The van der Waals surface area contributed by atoms with Crippen LogP contribution >= 0.6 is 0 Å². The monoisotopic (exact) mass is 415 g/mol. The van der Waals surface area contributed by atoms with Gasteiger partial charge >= 0.3 is 0 Å². The van der Waals surface area contributed by atoms with E-state index in [9.17, 15) is 19.1 Å². The maximum atomic E-state index is 13.2. The molecule has 0 fully saturated rings. The molecule has 0 unspecified atom stereocenters. The molecule has 1 amide bonds. The van der Waals surface area contributed by atoms with Crippen molar-refractivity contribution in [2.24, 2.45) is 0 Å². The van der Waals surface area contributed by atoms with Gasteiger partial charge in [-0.05, 0) is 60.9 Å². The normalized spacial score (nSPS) is 10.8. The van der Waals surface area contributed by atoms with Gasteiger partial charge in [0.15, 0.2) is 11.5 Å². The second-order valence-electron chi connectivity index (χ2n) is 7.09. The molecule has 0 spiro atoms. The summed E-state index contributed by atoms with van der Waals surface area (Å²) in [5.41, 5.74) is 1.99. The molecule has 7 heteroatoms. The van der Waals surface area contributed by atoms with Crippen molar-refractivity contribution in [1.29, 1.82) is 0 Å². The van der Waals surface area contributed by atoms with Crippen LogP contribution in [0.3, 0.4) is 0 Å². The van der Waals surface area contributed by atoms with E-state index in [0.29, 0.717) is 17.6 Å². The van der Waals surface area contributed by atoms with Crippen molar-refractivity contribution in [1.82, 2.24) is 9.97 Å². The number of pyridine rings is 2. The van der Waals surface area contributed by atoms with E-state index in [0.717, 1.165) is 11.1 Å². The summed E-state index contributed by atoms with van der Waals surface area (Å²) in [4.78, 5) is 33.4. The van der Waals surface area contributed by atoms with E-state index in [4.69, 9.17) is 0 Å². The van der Waals surface area contributed by atoms with Crippen molar-refractivity contribution in [2.75, 3.05) is 5.32 Å². The molecular weight excluding hydrogens is 397 g/mol. The summed E-state index contributed by atoms with van der Waals surface area (Å²) in [7, 11) is 0. The fraction of sp³-hybridized carbons (Fsp3) is 0.0833. The number of carbonyl (C=O) groups is 2. The quantitative estimate of drug-likeness (QED) is 0.468. The molecule has 31 heavy (non-hydrogen) atoms. The highest BCUT2D eigenvalue weighted by Gasteiger charge is 2.20. The molecule has 2 N–H and O–H groups in total. The van der Waals surface area contributed by atoms with Gasteiger partial charge in [-0.2, -0.15) is 0 Å². The number of halogens is 1. The van der Waals surface area contributed by atoms with Crippen LogP contribution in [0.2, 0.25) is 0 Å². The molecule has 2 aromatic carbocycles. The zero-order valence-electron chi connectivity index (χ0n) is 16.6. The maximum absolute atomic E-state index is 13.2. The summed E-state index contributed by atoms with van der Waals surface area (Å²) in [6.07, 6.45) is 3.57. The molecule has 0 bridgehead atoms. The molecule has 0 saturated heterocycles. The van der Waals surface area contributed by atoms with Gasteiger partial charge in [0, 0.05) is 17.8 Å². The Balaban J connectivity index is 1.81. The third-order valence-electron chi connectivity index (χ3n) is 4.85. The Hall–Kier alpha value is -4.13. The predicted molar refractivity (Wildman–Crippen MR) is 115 cm³/mol. The maximum Gasteiger partial charge on any atom is 0.257 e. The van der Waals surface area contributed by atoms with Crippen molar-refractivity contribution < 1.29 is 19.1 Å². The lowest BCUT2D eigenvalue weighted by atomic mass is 9.97. The molecule has 2 aromatic heterocycles. The summed E-state index contributed by atoms with van der Waals surface area (Å²) in [5, 5.41) is 13.7. The largest absolute Gasteiger partial charge is 0.505 e. The van der Waals surface area contributed by atoms with Gasteiger partial charge < -0.3 is 10.4 Å². The summed E-state index contributed by atoms with van der Waals surface area (Å²) >= 11 is 0. The fourth-order valence-corrected chi connectivity index (χ4v) is 3.33. The number of phenolic OH excluding ortho intramolecular Hbond substituents is 1. The van der Waals surface area contributed by atoms with E-state index < -0.39 is 5.91 Å².